The quantitative estimate of drug-likeness (QED) is 0.863. The lowest BCUT2D eigenvalue weighted by atomic mass is 9.97. The molecule has 1 heterocycles. The minimum atomic E-state index is -3.77. The van der Waals surface area contributed by atoms with E-state index >= 15 is 0 Å². The minimum Gasteiger partial charge on any atom is -0.399 e. The maximum Gasteiger partial charge on any atom is 0.243 e. The number of ether oxygens (including phenoxy) is 1. The molecule has 118 valence electrons. The van der Waals surface area contributed by atoms with Gasteiger partial charge in [0.15, 0.2) is 0 Å². The van der Waals surface area contributed by atoms with E-state index in [0.29, 0.717) is 18.9 Å². The second-order valence-electron chi connectivity index (χ2n) is 5.53. The van der Waals surface area contributed by atoms with Gasteiger partial charge in [0, 0.05) is 31.5 Å². The van der Waals surface area contributed by atoms with E-state index in [1.54, 1.807) is 7.11 Å². The third-order valence-electron chi connectivity index (χ3n) is 4.09. The lowest BCUT2D eigenvalue weighted by Crippen LogP contribution is -2.46. The lowest BCUT2D eigenvalue weighted by Gasteiger charge is -2.35. The highest BCUT2D eigenvalue weighted by atomic mass is 32.2. The van der Waals surface area contributed by atoms with Gasteiger partial charge in [-0.1, -0.05) is 6.92 Å². The summed E-state index contributed by atoms with van der Waals surface area (Å²) in [7, 11) is -2.20. The fraction of sp³-hybridized carbons (Fsp3) is 0.571. The number of sulfonamides is 1. The van der Waals surface area contributed by atoms with Gasteiger partial charge in [0.25, 0.3) is 0 Å². The molecule has 1 fully saturated rings. The molecule has 21 heavy (non-hydrogen) atoms. The first-order chi connectivity index (χ1) is 9.77. The number of benzene rings is 1. The van der Waals surface area contributed by atoms with Gasteiger partial charge >= 0.3 is 0 Å². The average molecular weight is 316 g/mol. The van der Waals surface area contributed by atoms with Crippen LogP contribution in [0.1, 0.15) is 18.9 Å². The number of rotatable bonds is 3. The van der Waals surface area contributed by atoms with Crippen molar-refractivity contribution in [2.24, 2.45) is 5.92 Å². The van der Waals surface area contributed by atoms with Crippen molar-refractivity contribution in [3.05, 3.63) is 23.5 Å². The molecule has 0 spiro atoms. The van der Waals surface area contributed by atoms with Gasteiger partial charge in [-0.2, -0.15) is 4.31 Å². The number of anilines is 1. The van der Waals surface area contributed by atoms with Crippen LogP contribution < -0.4 is 5.73 Å². The van der Waals surface area contributed by atoms with Crippen LogP contribution in [0, 0.1) is 18.7 Å². The van der Waals surface area contributed by atoms with Crippen LogP contribution in [0.25, 0.3) is 0 Å². The fourth-order valence-corrected chi connectivity index (χ4v) is 4.35. The zero-order valence-electron chi connectivity index (χ0n) is 12.5. The summed E-state index contributed by atoms with van der Waals surface area (Å²) >= 11 is 0. The Morgan fingerprint density at radius 1 is 1.43 bits per heavy atom. The first-order valence-corrected chi connectivity index (χ1v) is 8.30. The standard InChI is InChI=1S/C14H21FN2O3S/c1-9-4-5-17(8-13(9)20-3)21(18,19)14-7-11(16)6-12(15)10(14)2/h6-7,9,13H,4-5,8,16H2,1-3H3. The molecule has 2 unspecified atom stereocenters. The molecule has 0 radical (unpaired) electrons. The minimum absolute atomic E-state index is 0.0654. The maximum atomic E-state index is 13.8. The predicted octanol–water partition coefficient (Wildman–Crippen LogP) is 1.76. The van der Waals surface area contributed by atoms with Crippen molar-refractivity contribution in [3.8, 4) is 0 Å². The van der Waals surface area contributed by atoms with E-state index in [-0.39, 0.29) is 28.8 Å². The van der Waals surface area contributed by atoms with Gasteiger partial charge in [-0.05, 0) is 31.4 Å². The highest BCUT2D eigenvalue weighted by Crippen LogP contribution is 2.29. The fourth-order valence-electron chi connectivity index (χ4n) is 2.61. The van der Waals surface area contributed by atoms with Gasteiger partial charge in [-0.3, -0.25) is 0 Å². The Labute approximate surface area is 124 Å². The Morgan fingerprint density at radius 3 is 2.71 bits per heavy atom. The predicted molar refractivity (Wildman–Crippen MR) is 78.9 cm³/mol. The van der Waals surface area contributed by atoms with Gasteiger partial charge in [0.2, 0.25) is 10.0 Å². The number of nitrogens with zero attached hydrogens (tertiary/aromatic N) is 1. The smallest absolute Gasteiger partial charge is 0.243 e. The molecule has 2 rings (SSSR count). The number of halogens is 1. The molecule has 1 aromatic rings. The van der Waals surface area contributed by atoms with Crippen LogP contribution in [-0.2, 0) is 14.8 Å². The SMILES string of the molecule is COC1CN(S(=O)(=O)c2cc(N)cc(F)c2C)CCC1C. The number of nitrogens with two attached hydrogens (primary N) is 1. The molecule has 0 saturated carbocycles. The Kier molecular flexibility index (Phi) is 4.55. The van der Waals surface area contributed by atoms with Crippen LogP contribution in [0.5, 0.6) is 0 Å². The first-order valence-electron chi connectivity index (χ1n) is 6.86. The van der Waals surface area contributed by atoms with Crippen molar-refractivity contribution in [1.29, 1.82) is 0 Å². The Balaban J connectivity index is 2.39. The highest BCUT2D eigenvalue weighted by Gasteiger charge is 2.35. The van der Waals surface area contributed by atoms with Gasteiger partial charge in [0.1, 0.15) is 5.82 Å². The zero-order chi connectivity index (χ0) is 15.8. The Bertz CT molecular complexity index is 633. The molecule has 2 N–H and O–H groups in total. The summed E-state index contributed by atoms with van der Waals surface area (Å²) in [4.78, 5) is -0.0654. The van der Waals surface area contributed by atoms with E-state index in [4.69, 9.17) is 10.5 Å². The summed E-state index contributed by atoms with van der Waals surface area (Å²) < 4.78 is 45.9. The molecule has 0 amide bonds. The van der Waals surface area contributed by atoms with Gasteiger partial charge in [-0.25, -0.2) is 12.8 Å². The number of hydrogen-bond donors (Lipinski definition) is 1. The summed E-state index contributed by atoms with van der Waals surface area (Å²) in [6.07, 6.45) is 0.557. The molecule has 1 aliphatic rings. The topological polar surface area (TPSA) is 72.6 Å². The van der Waals surface area contributed by atoms with Crippen molar-refractivity contribution >= 4 is 15.7 Å². The van der Waals surface area contributed by atoms with Crippen molar-refractivity contribution in [2.45, 2.75) is 31.3 Å². The van der Waals surface area contributed by atoms with Crippen molar-refractivity contribution in [3.63, 3.8) is 0 Å². The highest BCUT2D eigenvalue weighted by molar-refractivity contribution is 7.89. The second-order valence-corrected chi connectivity index (χ2v) is 7.44. The maximum absolute atomic E-state index is 13.8. The van der Waals surface area contributed by atoms with E-state index in [2.05, 4.69) is 0 Å². The van der Waals surface area contributed by atoms with Crippen LogP contribution in [0.3, 0.4) is 0 Å². The number of hydrogen-bond acceptors (Lipinski definition) is 4. The van der Waals surface area contributed by atoms with Gasteiger partial charge < -0.3 is 10.5 Å². The Morgan fingerprint density at radius 2 is 2.10 bits per heavy atom. The largest absolute Gasteiger partial charge is 0.399 e. The molecule has 7 heteroatoms. The van der Waals surface area contributed by atoms with E-state index in [0.717, 1.165) is 6.07 Å². The molecule has 1 saturated heterocycles. The molecule has 0 aromatic heterocycles. The van der Waals surface area contributed by atoms with Crippen molar-refractivity contribution in [2.75, 3.05) is 25.9 Å². The third kappa shape index (κ3) is 3.04. The van der Waals surface area contributed by atoms with Gasteiger partial charge in [0.05, 0.1) is 11.0 Å². The van der Waals surface area contributed by atoms with E-state index in [9.17, 15) is 12.8 Å². The van der Waals surface area contributed by atoms with Gasteiger partial charge in [-0.15, -0.1) is 0 Å². The number of piperidine rings is 1. The molecule has 1 aliphatic heterocycles. The van der Waals surface area contributed by atoms with E-state index in [1.165, 1.54) is 17.3 Å². The number of nitrogen functional groups attached to an aromatic ring is 1. The molecular weight excluding hydrogens is 295 g/mol. The number of methoxy groups -OCH3 is 1. The monoisotopic (exact) mass is 316 g/mol. The first kappa shape index (κ1) is 16.2. The zero-order valence-corrected chi connectivity index (χ0v) is 13.3. The second kappa shape index (κ2) is 5.90. The van der Waals surface area contributed by atoms with Crippen LogP contribution in [0.4, 0.5) is 10.1 Å². The average Bonchev–Trinajstić information content (AvgIpc) is 2.42. The van der Waals surface area contributed by atoms with Crippen LogP contribution in [0.15, 0.2) is 17.0 Å². The lowest BCUT2D eigenvalue weighted by molar-refractivity contribution is 0.0183. The van der Waals surface area contributed by atoms with Crippen LogP contribution in [0.2, 0.25) is 0 Å². The van der Waals surface area contributed by atoms with E-state index < -0.39 is 15.8 Å². The molecular formula is C14H21FN2O3S. The third-order valence-corrected chi connectivity index (χ3v) is 6.08. The Hall–Kier alpha value is -1.18. The summed E-state index contributed by atoms with van der Waals surface area (Å²) in [5.74, 6) is -0.317. The van der Waals surface area contributed by atoms with Crippen molar-refractivity contribution in [1.82, 2.24) is 4.31 Å². The summed E-state index contributed by atoms with van der Waals surface area (Å²) in [6, 6.07) is 2.44. The van der Waals surface area contributed by atoms with E-state index in [1.807, 2.05) is 6.92 Å². The van der Waals surface area contributed by atoms with Crippen molar-refractivity contribution < 1.29 is 17.5 Å². The summed E-state index contributed by atoms with van der Waals surface area (Å²) in [5, 5.41) is 0. The molecule has 5 nitrogen and oxygen atoms in total. The summed E-state index contributed by atoms with van der Waals surface area (Å²) in [5.41, 5.74) is 5.78. The molecule has 1 aromatic carbocycles. The van der Waals surface area contributed by atoms with Crippen LogP contribution >= 0.6 is 0 Å². The normalized spacial score (nSPS) is 24.2. The van der Waals surface area contributed by atoms with Crippen LogP contribution in [-0.4, -0.2) is 39.0 Å². The summed E-state index contributed by atoms with van der Waals surface area (Å²) in [6.45, 7) is 4.15. The molecule has 2 atom stereocenters. The molecule has 0 bridgehead atoms. The molecule has 0 aliphatic carbocycles.